The Morgan fingerprint density at radius 2 is 2.03 bits per heavy atom. The summed E-state index contributed by atoms with van der Waals surface area (Å²) in [7, 11) is 1.34. The van der Waals surface area contributed by atoms with Crippen LogP contribution in [0.3, 0.4) is 0 Å². The normalized spacial score (nSPS) is 23.9. The van der Waals surface area contributed by atoms with Gasteiger partial charge in [-0.25, -0.2) is 13.5 Å². The third kappa shape index (κ3) is 4.83. The number of hydrogen-bond donors (Lipinski definition) is 3. The number of fused-ring (bicyclic) bond motifs is 1. The minimum atomic E-state index is -1.35. The molecule has 3 heterocycles. The van der Waals surface area contributed by atoms with E-state index in [1.165, 1.54) is 29.3 Å². The van der Waals surface area contributed by atoms with E-state index in [0.29, 0.717) is 5.69 Å². The number of aliphatic hydroxyl groups excluding tert-OH is 2. The van der Waals surface area contributed by atoms with Gasteiger partial charge in [0.25, 0.3) is 5.91 Å². The summed E-state index contributed by atoms with van der Waals surface area (Å²) in [5, 5.41) is 33.9. The van der Waals surface area contributed by atoms with Crippen molar-refractivity contribution in [3.05, 3.63) is 64.6 Å². The summed E-state index contributed by atoms with van der Waals surface area (Å²) in [4.78, 5) is 13.3. The van der Waals surface area contributed by atoms with E-state index in [9.17, 15) is 23.8 Å². The maximum absolute atomic E-state index is 14.0. The second-order valence-corrected chi connectivity index (χ2v) is 9.78. The standard InChI is InChI=1S/C24H21ClF2N4O5S/c1-35-22-20(31-9-16(29-30-31)12-6-14(26)19(25)15(27)7-12)21(33)17(10-32)36-23(22)24(34)28-13-3-2-11-4-5-37-18(11)8-13/h2-9,17,20-23,32-33H,10H2,1H3,(H,28,34)/t17-,20+,21+,22-,23-/m1/s1. The zero-order valence-corrected chi connectivity index (χ0v) is 20.8. The fourth-order valence-corrected chi connectivity index (χ4v) is 5.31. The van der Waals surface area contributed by atoms with E-state index in [-0.39, 0.29) is 11.3 Å². The van der Waals surface area contributed by atoms with E-state index in [2.05, 4.69) is 15.6 Å². The van der Waals surface area contributed by atoms with Gasteiger partial charge in [-0.3, -0.25) is 4.79 Å². The summed E-state index contributed by atoms with van der Waals surface area (Å²) in [6.45, 7) is -0.589. The molecule has 5 atom stereocenters. The van der Waals surface area contributed by atoms with Gasteiger partial charge in [0, 0.05) is 23.1 Å². The van der Waals surface area contributed by atoms with Crippen LogP contribution in [0.25, 0.3) is 21.3 Å². The molecule has 4 aromatic rings. The Bertz CT molecular complexity index is 1430. The van der Waals surface area contributed by atoms with Crippen molar-refractivity contribution in [2.75, 3.05) is 19.0 Å². The first kappa shape index (κ1) is 25.6. The topological polar surface area (TPSA) is 119 Å². The molecule has 2 aromatic heterocycles. The lowest BCUT2D eigenvalue weighted by atomic mass is 9.92. The summed E-state index contributed by atoms with van der Waals surface area (Å²) in [5.41, 5.74) is 0.698. The number of carbonyl (C=O) groups is 1. The van der Waals surface area contributed by atoms with Crippen LogP contribution in [0.1, 0.15) is 6.04 Å². The molecular weight excluding hydrogens is 530 g/mol. The molecule has 37 heavy (non-hydrogen) atoms. The highest BCUT2D eigenvalue weighted by Crippen LogP contribution is 2.34. The molecule has 1 fully saturated rings. The molecule has 1 amide bonds. The van der Waals surface area contributed by atoms with Gasteiger partial charge in [-0.1, -0.05) is 22.9 Å². The highest BCUT2D eigenvalue weighted by atomic mass is 35.5. The number of hydrogen-bond acceptors (Lipinski definition) is 8. The Balaban J connectivity index is 1.45. The van der Waals surface area contributed by atoms with E-state index >= 15 is 0 Å². The van der Waals surface area contributed by atoms with Gasteiger partial charge in [0.1, 0.15) is 46.7 Å². The Morgan fingerprint density at radius 1 is 1.27 bits per heavy atom. The summed E-state index contributed by atoms with van der Waals surface area (Å²) in [6, 6.07) is 8.40. The molecule has 0 radical (unpaired) electrons. The van der Waals surface area contributed by atoms with E-state index in [1.807, 2.05) is 23.6 Å². The Hall–Kier alpha value is -3.00. The van der Waals surface area contributed by atoms with Crippen molar-refractivity contribution in [1.29, 1.82) is 0 Å². The van der Waals surface area contributed by atoms with Crippen LogP contribution < -0.4 is 5.32 Å². The van der Waals surface area contributed by atoms with Crippen molar-refractivity contribution in [2.45, 2.75) is 30.5 Å². The number of anilines is 1. The minimum absolute atomic E-state index is 0.0677. The molecule has 1 aliphatic heterocycles. The largest absolute Gasteiger partial charge is 0.394 e. The van der Waals surface area contributed by atoms with Crippen molar-refractivity contribution < 1.29 is 33.3 Å². The number of amides is 1. The first-order valence-corrected chi connectivity index (χ1v) is 12.4. The van der Waals surface area contributed by atoms with Crippen LogP contribution in [-0.2, 0) is 14.3 Å². The number of methoxy groups -OCH3 is 1. The summed E-state index contributed by atoms with van der Waals surface area (Å²) in [5.74, 6) is -2.49. The first-order valence-electron chi connectivity index (χ1n) is 11.1. The number of rotatable bonds is 6. The third-order valence-electron chi connectivity index (χ3n) is 6.22. The van der Waals surface area contributed by atoms with Gasteiger partial charge in [-0.2, -0.15) is 0 Å². The third-order valence-corrected chi connectivity index (χ3v) is 7.46. The SMILES string of the molecule is CO[C@@H]1[C@@H](n2cc(-c3cc(F)c(Cl)c(F)c3)nn2)[C@@H](O)[C@@H](CO)O[C@H]1C(=O)Nc1ccc2ccsc2c1. The molecular formula is C24H21ClF2N4O5S. The number of nitrogens with zero attached hydrogens (tertiary/aromatic N) is 3. The lowest BCUT2D eigenvalue weighted by molar-refractivity contribution is -0.210. The zero-order chi connectivity index (χ0) is 26.3. The van der Waals surface area contributed by atoms with Gasteiger partial charge >= 0.3 is 0 Å². The van der Waals surface area contributed by atoms with Gasteiger partial charge in [0.05, 0.1) is 12.8 Å². The predicted octanol–water partition coefficient (Wildman–Crippen LogP) is 3.41. The molecule has 2 aromatic carbocycles. The molecule has 0 spiro atoms. The summed E-state index contributed by atoms with van der Waals surface area (Å²) in [6.07, 6.45) is -3.45. The van der Waals surface area contributed by atoms with Crippen LogP contribution in [0.4, 0.5) is 14.5 Å². The number of benzene rings is 2. The fourth-order valence-electron chi connectivity index (χ4n) is 4.38. The maximum atomic E-state index is 14.0. The average Bonchev–Trinajstić information content (AvgIpc) is 3.56. The molecule has 194 valence electrons. The van der Waals surface area contributed by atoms with Crippen LogP contribution in [0.2, 0.25) is 5.02 Å². The second kappa shape index (κ2) is 10.4. The Kier molecular flexibility index (Phi) is 7.21. The van der Waals surface area contributed by atoms with Gasteiger partial charge in [0.15, 0.2) is 6.10 Å². The smallest absolute Gasteiger partial charge is 0.256 e. The molecule has 3 N–H and O–H groups in total. The molecule has 9 nitrogen and oxygen atoms in total. The van der Waals surface area contributed by atoms with Crippen LogP contribution in [0, 0.1) is 11.6 Å². The van der Waals surface area contributed by atoms with Crippen LogP contribution in [-0.4, -0.2) is 69.2 Å². The molecule has 1 aliphatic rings. The second-order valence-electron chi connectivity index (χ2n) is 8.46. The predicted molar refractivity (Wildman–Crippen MR) is 132 cm³/mol. The van der Waals surface area contributed by atoms with Crippen molar-refractivity contribution in [1.82, 2.24) is 15.0 Å². The zero-order valence-electron chi connectivity index (χ0n) is 19.2. The van der Waals surface area contributed by atoms with Gasteiger partial charge in [-0.05, 0) is 41.1 Å². The first-order chi connectivity index (χ1) is 17.8. The number of thiophene rings is 1. The van der Waals surface area contributed by atoms with Crippen molar-refractivity contribution in [3.8, 4) is 11.3 Å². The van der Waals surface area contributed by atoms with Crippen LogP contribution in [0.15, 0.2) is 48.0 Å². The highest BCUT2D eigenvalue weighted by Gasteiger charge is 2.49. The van der Waals surface area contributed by atoms with E-state index in [1.54, 1.807) is 6.07 Å². The molecule has 0 bridgehead atoms. The number of carbonyl (C=O) groups excluding carboxylic acids is 1. The average molecular weight is 551 g/mol. The quantitative estimate of drug-likeness (QED) is 0.315. The van der Waals surface area contributed by atoms with Crippen LogP contribution in [0.5, 0.6) is 0 Å². The number of aliphatic hydroxyl groups is 2. The molecule has 5 rings (SSSR count). The Morgan fingerprint density at radius 3 is 2.73 bits per heavy atom. The monoisotopic (exact) mass is 550 g/mol. The number of aromatic nitrogens is 3. The van der Waals surface area contributed by atoms with E-state index < -0.39 is 59.6 Å². The molecule has 0 unspecified atom stereocenters. The minimum Gasteiger partial charge on any atom is -0.394 e. The molecule has 1 saturated heterocycles. The number of halogens is 3. The van der Waals surface area contributed by atoms with Crippen molar-refractivity contribution in [3.63, 3.8) is 0 Å². The summed E-state index contributed by atoms with van der Waals surface area (Å²) < 4.78 is 41.5. The molecule has 13 heteroatoms. The lowest BCUT2D eigenvalue weighted by Crippen LogP contribution is -2.59. The van der Waals surface area contributed by atoms with Crippen LogP contribution >= 0.6 is 22.9 Å². The van der Waals surface area contributed by atoms with Gasteiger partial charge in [0.2, 0.25) is 0 Å². The maximum Gasteiger partial charge on any atom is 0.256 e. The van der Waals surface area contributed by atoms with Crippen molar-refractivity contribution >= 4 is 44.6 Å². The number of nitrogens with one attached hydrogen (secondary N) is 1. The molecule has 0 saturated carbocycles. The van der Waals surface area contributed by atoms with Gasteiger partial charge < -0.3 is 25.0 Å². The fraction of sp³-hybridized carbons (Fsp3) is 0.292. The molecule has 0 aliphatic carbocycles. The van der Waals surface area contributed by atoms with Crippen molar-refractivity contribution in [2.24, 2.45) is 0 Å². The Labute approximate surface area is 218 Å². The van der Waals surface area contributed by atoms with E-state index in [4.69, 9.17) is 21.1 Å². The number of ether oxygens (including phenoxy) is 2. The summed E-state index contributed by atoms with van der Waals surface area (Å²) >= 11 is 7.09. The van der Waals surface area contributed by atoms with Gasteiger partial charge in [-0.15, -0.1) is 16.4 Å². The van der Waals surface area contributed by atoms with E-state index in [0.717, 1.165) is 22.2 Å². The lowest BCUT2D eigenvalue weighted by Gasteiger charge is -2.42. The highest BCUT2D eigenvalue weighted by molar-refractivity contribution is 7.17.